The SMILES string of the molecule is CN1CCC(C(=O)NCCc2ccc(N)cc2)C1. The summed E-state index contributed by atoms with van der Waals surface area (Å²) in [6.45, 7) is 2.60. The highest BCUT2D eigenvalue weighted by Gasteiger charge is 2.25. The van der Waals surface area contributed by atoms with Crippen molar-refractivity contribution < 1.29 is 4.79 Å². The van der Waals surface area contributed by atoms with Gasteiger partial charge in [-0.1, -0.05) is 12.1 Å². The highest BCUT2D eigenvalue weighted by molar-refractivity contribution is 5.79. The van der Waals surface area contributed by atoms with Gasteiger partial charge in [0.25, 0.3) is 0 Å². The predicted octanol–water partition coefficient (Wildman–Crippen LogP) is 0.879. The van der Waals surface area contributed by atoms with Crippen molar-refractivity contribution in [1.29, 1.82) is 0 Å². The third-order valence-electron chi connectivity index (χ3n) is 3.45. The minimum absolute atomic E-state index is 0.168. The number of rotatable bonds is 4. The smallest absolute Gasteiger partial charge is 0.224 e. The molecule has 4 heteroatoms. The van der Waals surface area contributed by atoms with Gasteiger partial charge in [0.15, 0.2) is 0 Å². The zero-order chi connectivity index (χ0) is 13.0. The highest BCUT2D eigenvalue weighted by atomic mass is 16.1. The first-order valence-electron chi connectivity index (χ1n) is 6.46. The van der Waals surface area contributed by atoms with Gasteiger partial charge in [-0.25, -0.2) is 0 Å². The van der Waals surface area contributed by atoms with Gasteiger partial charge in [0.1, 0.15) is 0 Å². The Morgan fingerprint density at radius 1 is 1.44 bits per heavy atom. The Morgan fingerprint density at radius 2 is 2.17 bits per heavy atom. The minimum Gasteiger partial charge on any atom is -0.399 e. The lowest BCUT2D eigenvalue weighted by Gasteiger charge is -2.11. The van der Waals surface area contributed by atoms with E-state index in [2.05, 4.69) is 17.3 Å². The monoisotopic (exact) mass is 247 g/mol. The quantitative estimate of drug-likeness (QED) is 0.777. The van der Waals surface area contributed by atoms with E-state index < -0.39 is 0 Å². The van der Waals surface area contributed by atoms with Crippen LogP contribution in [0.2, 0.25) is 0 Å². The molecule has 98 valence electrons. The van der Waals surface area contributed by atoms with Gasteiger partial charge in [-0.05, 0) is 44.1 Å². The molecule has 1 aromatic carbocycles. The summed E-state index contributed by atoms with van der Waals surface area (Å²) >= 11 is 0. The summed E-state index contributed by atoms with van der Waals surface area (Å²) in [6.07, 6.45) is 1.83. The summed E-state index contributed by atoms with van der Waals surface area (Å²) in [7, 11) is 2.06. The molecule has 1 amide bonds. The van der Waals surface area contributed by atoms with E-state index in [1.807, 2.05) is 24.3 Å². The lowest BCUT2D eigenvalue weighted by atomic mass is 10.1. The van der Waals surface area contributed by atoms with Crippen molar-refractivity contribution in [3.05, 3.63) is 29.8 Å². The molecular weight excluding hydrogens is 226 g/mol. The Bertz CT molecular complexity index is 402. The largest absolute Gasteiger partial charge is 0.399 e. The Labute approximate surface area is 108 Å². The Balaban J connectivity index is 1.72. The third-order valence-corrected chi connectivity index (χ3v) is 3.45. The molecule has 1 aliphatic rings. The van der Waals surface area contributed by atoms with Crippen molar-refractivity contribution >= 4 is 11.6 Å². The number of nitrogens with two attached hydrogens (primary N) is 1. The van der Waals surface area contributed by atoms with Crippen LogP contribution in [0.3, 0.4) is 0 Å². The van der Waals surface area contributed by atoms with Gasteiger partial charge in [-0.3, -0.25) is 4.79 Å². The molecule has 4 nitrogen and oxygen atoms in total. The predicted molar refractivity (Wildman–Crippen MR) is 73.2 cm³/mol. The second-order valence-corrected chi connectivity index (χ2v) is 5.03. The molecule has 0 aromatic heterocycles. The third kappa shape index (κ3) is 3.47. The Hall–Kier alpha value is -1.55. The summed E-state index contributed by atoms with van der Waals surface area (Å²) in [5.74, 6) is 0.358. The van der Waals surface area contributed by atoms with Crippen LogP contribution in [0.15, 0.2) is 24.3 Å². The molecule has 0 saturated carbocycles. The summed E-state index contributed by atoms with van der Waals surface area (Å²) in [5, 5.41) is 3.01. The number of hydrogen-bond donors (Lipinski definition) is 2. The number of carbonyl (C=O) groups excluding carboxylic acids is 1. The second kappa shape index (κ2) is 5.87. The number of nitrogens with one attached hydrogen (secondary N) is 1. The number of hydrogen-bond acceptors (Lipinski definition) is 3. The van der Waals surface area contributed by atoms with E-state index in [0.717, 1.165) is 31.6 Å². The van der Waals surface area contributed by atoms with E-state index in [0.29, 0.717) is 6.54 Å². The molecule has 0 spiro atoms. The first kappa shape index (κ1) is 12.9. The zero-order valence-electron chi connectivity index (χ0n) is 10.9. The average Bonchev–Trinajstić information content (AvgIpc) is 2.78. The first-order valence-corrected chi connectivity index (χ1v) is 6.46. The molecule has 18 heavy (non-hydrogen) atoms. The topological polar surface area (TPSA) is 58.4 Å². The fourth-order valence-electron chi connectivity index (χ4n) is 2.31. The van der Waals surface area contributed by atoms with Crippen LogP contribution >= 0.6 is 0 Å². The maximum Gasteiger partial charge on any atom is 0.224 e. The van der Waals surface area contributed by atoms with Crippen LogP contribution in [0.5, 0.6) is 0 Å². The van der Waals surface area contributed by atoms with Crippen LogP contribution in [0.4, 0.5) is 5.69 Å². The molecular formula is C14H21N3O. The van der Waals surface area contributed by atoms with Gasteiger partial charge in [-0.15, -0.1) is 0 Å². The van der Waals surface area contributed by atoms with Gasteiger partial charge in [-0.2, -0.15) is 0 Å². The molecule has 3 N–H and O–H groups in total. The first-order chi connectivity index (χ1) is 8.65. The summed E-state index contributed by atoms with van der Waals surface area (Å²) in [4.78, 5) is 14.1. The molecule has 1 fully saturated rings. The second-order valence-electron chi connectivity index (χ2n) is 5.03. The van der Waals surface area contributed by atoms with Crippen molar-refractivity contribution in [3.63, 3.8) is 0 Å². The van der Waals surface area contributed by atoms with Gasteiger partial charge >= 0.3 is 0 Å². The van der Waals surface area contributed by atoms with Crippen LogP contribution in [0.1, 0.15) is 12.0 Å². The van der Waals surface area contributed by atoms with Crippen LogP contribution in [-0.4, -0.2) is 37.5 Å². The molecule has 1 saturated heterocycles. The lowest BCUT2D eigenvalue weighted by Crippen LogP contribution is -2.33. The number of likely N-dealkylation sites (tertiary alicyclic amines) is 1. The summed E-state index contributed by atoms with van der Waals surface area (Å²) < 4.78 is 0. The standard InChI is InChI=1S/C14H21N3O/c1-17-9-7-12(10-17)14(18)16-8-6-11-2-4-13(15)5-3-11/h2-5,12H,6-10,15H2,1H3,(H,16,18). The minimum atomic E-state index is 0.168. The molecule has 0 bridgehead atoms. The molecule has 2 rings (SSSR count). The molecule has 0 aliphatic carbocycles. The number of nitrogen functional groups attached to an aromatic ring is 1. The normalized spacial score (nSPS) is 19.9. The van der Waals surface area contributed by atoms with Crippen molar-refractivity contribution in [2.24, 2.45) is 5.92 Å². The van der Waals surface area contributed by atoms with Crippen LogP contribution in [0, 0.1) is 5.92 Å². The number of anilines is 1. The Kier molecular flexibility index (Phi) is 4.20. The van der Waals surface area contributed by atoms with Gasteiger partial charge in [0, 0.05) is 18.8 Å². The molecule has 1 heterocycles. The Morgan fingerprint density at radius 3 is 2.78 bits per heavy atom. The van der Waals surface area contributed by atoms with Gasteiger partial charge < -0.3 is 16.0 Å². The van der Waals surface area contributed by atoms with Crippen molar-refractivity contribution in [2.75, 3.05) is 32.4 Å². The molecule has 1 unspecified atom stereocenters. The van der Waals surface area contributed by atoms with Crippen molar-refractivity contribution in [2.45, 2.75) is 12.8 Å². The van der Waals surface area contributed by atoms with E-state index in [4.69, 9.17) is 5.73 Å². The van der Waals surface area contributed by atoms with Crippen LogP contribution in [0.25, 0.3) is 0 Å². The lowest BCUT2D eigenvalue weighted by molar-refractivity contribution is -0.124. The highest BCUT2D eigenvalue weighted by Crippen LogP contribution is 2.14. The van der Waals surface area contributed by atoms with E-state index >= 15 is 0 Å². The summed E-state index contributed by atoms with van der Waals surface area (Å²) in [5.41, 5.74) is 7.60. The number of amides is 1. The van der Waals surface area contributed by atoms with Crippen LogP contribution < -0.4 is 11.1 Å². The zero-order valence-corrected chi connectivity index (χ0v) is 10.9. The number of nitrogens with zero attached hydrogens (tertiary/aromatic N) is 1. The fourth-order valence-corrected chi connectivity index (χ4v) is 2.31. The van der Waals surface area contributed by atoms with E-state index in [1.165, 1.54) is 5.56 Å². The molecule has 1 atom stereocenters. The van der Waals surface area contributed by atoms with Crippen LogP contribution in [-0.2, 0) is 11.2 Å². The van der Waals surface area contributed by atoms with E-state index in [1.54, 1.807) is 0 Å². The number of carbonyl (C=O) groups is 1. The van der Waals surface area contributed by atoms with Crippen molar-refractivity contribution in [1.82, 2.24) is 10.2 Å². The molecule has 1 aliphatic heterocycles. The molecule has 0 radical (unpaired) electrons. The fraction of sp³-hybridized carbons (Fsp3) is 0.500. The number of benzene rings is 1. The summed E-state index contributed by atoms with van der Waals surface area (Å²) in [6, 6.07) is 7.79. The van der Waals surface area contributed by atoms with Gasteiger partial charge in [0.05, 0.1) is 5.92 Å². The van der Waals surface area contributed by atoms with Crippen molar-refractivity contribution in [3.8, 4) is 0 Å². The average molecular weight is 247 g/mol. The maximum absolute atomic E-state index is 11.9. The van der Waals surface area contributed by atoms with Gasteiger partial charge in [0.2, 0.25) is 5.91 Å². The molecule has 1 aromatic rings. The van der Waals surface area contributed by atoms with E-state index in [-0.39, 0.29) is 11.8 Å². The van der Waals surface area contributed by atoms with E-state index in [9.17, 15) is 4.79 Å². The maximum atomic E-state index is 11.9.